The van der Waals surface area contributed by atoms with Crippen LogP contribution >= 0.6 is 0 Å². The molecule has 33 heavy (non-hydrogen) atoms. The van der Waals surface area contributed by atoms with Crippen molar-refractivity contribution in [3.05, 3.63) is 109 Å². The van der Waals surface area contributed by atoms with E-state index in [-0.39, 0.29) is 4.90 Å². The van der Waals surface area contributed by atoms with Crippen molar-refractivity contribution in [1.82, 2.24) is 0 Å². The van der Waals surface area contributed by atoms with Gasteiger partial charge in [-0.3, -0.25) is 4.55 Å². The van der Waals surface area contributed by atoms with Crippen molar-refractivity contribution in [1.29, 1.82) is 0 Å². The molecule has 1 N–H and O–H groups in total. The van der Waals surface area contributed by atoms with E-state index < -0.39 is 10.1 Å². The second-order valence-corrected chi connectivity index (χ2v) is 9.50. The molecule has 0 unspecified atom stereocenters. The molecule has 6 aromatic rings. The fourth-order valence-corrected chi connectivity index (χ4v) is 5.17. The van der Waals surface area contributed by atoms with E-state index in [1.54, 1.807) is 12.1 Å². The number of anilines is 3. The average Bonchev–Trinajstić information content (AvgIpc) is 2.84. The van der Waals surface area contributed by atoms with E-state index in [1.807, 2.05) is 30.3 Å². The summed E-state index contributed by atoms with van der Waals surface area (Å²) in [6.45, 7) is 0. The van der Waals surface area contributed by atoms with Crippen LogP contribution in [0.1, 0.15) is 0 Å². The maximum atomic E-state index is 11.6. The van der Waals surface area contributed by atoms with Gasteiger partial charge in [0.2, 0.25) is 0 Å². The first-order chi connectivity index (χ1) is 16.0. The topological polar surface area (TPSA) is 57.6 Å². The second-order valence-electron chi connectivity index (χ2n) is 8.08. The van der Waals surface area contributed by atoms with Crippen molar-refractivity contribution < 1.29 is 13.0 Å². The fraction of sp³-hybridized carbons (Fsp3) is 0. The minimum atomic E-state index is -4.26. The second kappa shape index (κ2) is 7.30. The first-order valence-corrected chi connectivity index (χ1v) is 12.0. The molecule has 0 saturated heterocycles. The van der Waals surface area contributed by atoms with Gasteiger partial charge in [-0.2, -0.15) is 8.42 Å². The van der Waals surface area contributed by atoms with Crippen molar-refractivity contribution in [2.45, 2.75) is 4.90 Å². The number of hydrogen-bond donors (Lipinski definition) is 1. The molecule has 160 valence electrons. The van der Waals surface area contributed by atoms with Crippen LogP contribution in [0.25, 0.3) is 32.3 Å². The summed E-state index contributed by atoms with van der Waals surface area (Å²) in [6.07, 6.45) is 0. The molecule has 4 nitrogen and oxygen atoms in total. The van der Waals surface area contributed by atoms with Gasteiger partial charge in [-0.25, -0.2) is 0 Å². The summed E-state index contributed by atoms with van der Waals surface area (Å²) in [5, 5.41) is 7.13. The van der Waals surface area contributed by atoms with Crippen molar-refractivity contribution in [3.8, 4) is 0 Å². The van der Waals surface area contributed by atoms with Crippen molar-refractivity contribution >= 4 is 59.5 Å². The van der Waals surface area contributed by atoms with Gasteiger partial charge in [0.1, 0.15) is 0 Å². The van der Waals surface area contributed by atoms with Crippen LogP contribution in [0.2, 0.25) is 0 Å². The fourth-order valence-electron chi connectivity index (χ4n) is 4.69. The van der Waals surface area contributed by atoms with E-state index in [4.69, 9.17) is 0 Å². The van der Waals surface area contributed by atoms with E-state index >= 15 is 0 Å². The largest absolute Gasteiger partial charge is 0.310 e. The van der Waals surface area contributed by atoms with Crippen LogP contribution in [-0.4, -0.2) is 13.0 Å². The maximum absolute atomic E-state index is 11.6. The van der Waals surface area contributed by atoms with Crippen LogP contribution in [0, 0.1) is 0 Å². The number of rotatable bonds is 4. The summed E-state index contributed by atoms with van der Waals surface area (Å²) in [4.78, 5) is 1.98. The molecule has 6 rings (SSSR count). The Hall–Kier alpha value is -3.93. The van der Waals surface area contributed by atoms with Gasteiger partial charge in [-0.1, -0.05) is 66.7 Å². The Morgan fingerprint density at radius 1 is 0.545 bits per heavy atom. The molecule has 0 radical (unpaired) electrons. The normalized spacial score (nSPS) is 12.0. The van der Waals surface area contributed by atoms with Gasteiger partial charge in [0.15, 0.2) is 0 Å². The Labute approximate surface area is 191 Å². The molecule has 0 spiro atoms. The zero-order chi connectivity index (χ0) is 22.6. The summed E-state index contributed by atoms with van der Waals surface area (Å²) < 4.78 is 32.5. The standard InChI is InChI=1S/C28H19NO3S/c30-33(31,32)24-15-13-23(14-16-24)29(22-7-2-1-3-8-22)26-18-12-21-10-9-19-5-4-6-20-11-17-25(26)28(21)27(19)20/h1-18H,(H,30,31,32). The first-order valence-electron chi connectivity index (χ1n) is 10.6. The van der Waals surface area contributed by atoms with Crippen molar-refractivity contribution in [3.63, 3.8) is 0 Å². The lowest BCUT2D eigenvalue weighted by molar-refractivity contribution is 0.483. The van der Waals surface area contributed by atoms with Crippen LogP contribution < -0.4 is 4.90 Å². The molecular weight excluding hydrogens is 430 g/mol. The number of hydrogen-bond acceptors (Lipinski definition) is 3. The molecule has 0 bridgehead atoms. The zero-order valence-electron chi connectivity index (χ0n) is 17.5. The average molecular weight is 450 g/mol. The van der Waals surface area contributed by atoms with E-state index in [2.05, 4.69) is 59.5 Å². The van der Waals surface area contributed by atoms with Gasteiger partial charge < -0.3 is 4.90 Å². The van der Waals surface area contributed by atoms with Gasteiger partial charge in [0, 0.05) is 16.8 Å². The van der Waals surface area contributed by atoms with Crippen LogP contribution in [0.3, 0.4) is 0 Å². The molecule has 5 heteroatoms. The van der Waals surface area contributed by atoms with Crippen molar-refractivity contribution in [2.24, 2.45) is 0 Å². The lowest BCUT2D eigenvalue weighted by Crippen LogP contribution is -2.11. The maximum Gasteiger partial charge on any atom is 0.294 e. The van der Waals surface area contributed by atoms with Gasteiger partial charge in [-0.05, 0) is 69.4 Å². The smallest absolute Gasteiger partial charge is 0.294 e. The number of benzene rings is 6. The quantitative estimate of drug-likeness (QED) is 0.227. The summed E-state index contributed by atoms with van der Waals surface area (Å²) in [5.41, 5.74) is 2.74. The predicted molar refractivity (Wildman–Crippen MR) is 135 cm³/mol. The Morgan fingerprint density at radius 3 is 1.79 bits per heavy atom. The minimum Gasteiger partial charge on any atom is -0.310 e. The number of para-hydroxylation sites is 1. The highest BCUT2D eigenvalue weighted by atomic mass is 32.2. The highest BCUT2D eigenvalue weighted by Gasteiger charge is 2.19. The van der Waals surface area contributed by atoms with Crippen molar-refractivity contribution in [2.75, 3.05) is 4.90 Å². The van der Waals surface area contributed by atoms with Crippen LogP contribution in [-0.2, 0) is 10.1 Å². The predicted octanol–water partition coefficient (Wildman–Crippen LogP) is 7.30. The van der Waals surface area contributed by atoms with Gasteiger partial charge in [-0.15, -0.1) is 0 Å². The van der Waals surface area contributed by atoms with Crippen LogP contribution in [0.5, 0.6) is 0 Å². The molecule has 0 atom stereocenters. The van der Waals surface area contributed by atoms with E-state index in [0.29, 0.717) is 0 Å². The molecular formula is C28H19NO3S. The highest BCUT2D eigenvalue weighted by molar-refractivity contribution is 7.85. The van der Waals surface area contributed by atoms with E-state index in [0.717, 1.165) is 22.4 Å². The number of nitrogens with zero attached hydrogens (tertiary/aromatic N) is 1. The summed E-state index contributed by atoms with van der Waals surface area (Å²) in [7, 11) is -4.26. The third kappa shape index (κ3) is 3.21. The Kier molecular flexibility index (Phi) is 4.37. The molecule has 0 heterocycles. The monoisotopic (exact) mass is 449 g/mol. The SMILES string of the molecule is O=S(=O)(O)c1ccc(N(c2ccccc2)c2ccc3ccc4cccc5ccc2c3c45)cc1. The lowest BCUT2D eigenvalue weighted by Gasteiger charge is -2.27. The lowest BCUT2D eigenvalue weighted by atomic mass is 9.93. The summed E-state index contributed by atoms with van der Waals surface area (Å²) in [5.74, 6) is 0. The van der Waals surface area contributed by atoms with Gasteiger partial charge >= 0.3 is 0 Å². The van der Waals surface area contributed by atoms with Gasteiger partial charge in [0.05, 0.1) is 10.6 Å². The van der Waals surface area contributed by atoms with E-state index in [1.165, 1.54) is 39.1 Å². The summed E-state index contributed by atoms with van der Waals surface area (Å²) >= 11 is 0. The van der Waals surface area contributed by atoms with Gasteiger partial charge in [0.25, 0.3) is 10.1 Å². The molecule has 0 aliphatic rings. The molecule has 0 saturated carbocycles. The minimum absolute atomic E-state index is 0.130. The zero-order valence-corrected chi connectivity index (χ0v) is 18.3. The molecule has 0 fully saturated rings. The molecule has 6 aromatic carbocycles. The Balaban J connectivity index is 1.65. The molecule has 0 aliphatic carbocycles. The first kappa shape index (κ1) is 19.7. The highest BCUT2D eigenvalue weighted by Crippen LogP contribution is 2.43. The van der Waals surface area contributed by atoms with Crippen LogP contribution in [0.15, 0.2) is 114 Å². The van der Waals surface area contributed by atoms with Crippen LogP contribution in [0.4, 0.5) is 17.1 Å². The Morgan fingerprint density at radius 2 is 1.12 bits per heavy atom. The summed E-state index contributed by atoms with van der Waals surface area (Å²) in [6, 6.07) is 35.5. The molecule has 0 aromatic heterocycles. The Bertz CT molecular complexity index is 1710. The third-order valence-electron chi connectivity index (χ3n) is 6.15. The molecule has 0 amide bonds. The van der Waals surface area contributed by atoms with E-state index in [9.17, 15) is 13.0 Å². The molecule has 0 aliphatic heterocycles. The third-order valence-corrected chi connectivity index (χ3v) is 7.02.